The molecule has 1 aliphatic carbocycles. The molecule has 1 rings (SSSR count). The third kappa shape index (κ3) is 4.50. The molecular weight excluding hydrogens is 254 g/mol. The lowest BCUT2D eigenvalue weighted by Crippen LogP contribution is -2.46. The smallest absolute Gasteiger partial charge is 0.328 e. The predicted octanol–water partition coefficient (Wildman–Crippen LogP) is 2.76. The maximum atomic E-state index is 12.5. The zero-order valence-corrected chi connectivity index (χ0v) is 13.4. The first-order valence-electron chi connectivity index (χ1n) is 7.83. The highest BCUT2D eigenvalue weighted by Crippen LogP contribution is 2.38. The van der Waals surface area contributed by atoms with Crippen LogP contribution in [0.15, 0.2) is 0 Å². The summed E-state index contributed by atoms with van der Waals surface area (Å²) in [5, 5.41) is 2.83. The topological polar surface area (TPSA) is 55.4 Å². The average Bonchev–Trinajstić information content (AvgIpc) is 2.38. The van der Waals surface area contributed by atoms with Gasteiger partial charge in [-0.1, -0.05) is 27.2 Å². The molecule has 1 N–H and O–H groups in total. The second-order valence-electron chi connectivity index (χ2n) is 6.41. The van der Waals surface area contributed by atoms with E-state index in [2.05, 4.69) is 26.1 Å². The average molecular weight is 283 g/mol. The van der Waals surface area contributed by atoms with Crippen LogP contribution >= 0.6 is 0 Å². The van der Waals surface area contributed by atoms with Gasteiger partial charge in [0.25, 0.3) is 0 Å². The van der Waals surface area contributed by atoms with E-state index in [1.54, 1.807) is 13.8 Å². The number of carbonyl (C=O) groups is 2. The van der Waals surface area contributed by atoms with Crippen LogP contribution in [-0.4, -0.2) is 24.5 Å². The van der Waals surface area contributed by atoms with Crippen LogP contribution in [0, 0.1) is 23.7 Å². The summed E-state index contributed by atoms with van der Waals surface area (Å²) >= 11 is 0. The van der Waals surface area contributed by atoms with Gasteiger partial charge in [0.15, 0.2) is 0 Å². The van der Waals surface area contributed by atoms with Gasteiger partial charge in [0, 0.05) is 5.92 Å². The monoisotopic (exact) mass is 283 g/mol. The molecule has 4 nitrogen and oxygen atoms in total. The van der Waals surface area contributed by atoms with Gasteiger partial charge in [-0.25, -0.2) is 4.79 Å². The number of nitrogens with one attached hydrogen (secondary N) is 1. The van der Waals surface area contributed by atoms with Gasteiger partial charge in [0.05, 0.1) is 6.61 Å². The normalized spacial score (nSPS) is 28.0. The van der Waals surface area contributed by atoms with E-state index in [1.807, 2.05) is 0 Å². The number of hydrogen-bond donors (Lipinski definition) is 1. The highest BCUT2D eigenvalue weighted by molar-refractivity contribution is 5.85. The molecule has 116 valence electrons. The number of rotatable bonds is 5. The van der Waals surface area contributed by atoms with Gasteiger partial charge >= 0.3 is 5.97 Å². The summed E-state index contributed by atoms with van der Waals surface area (Å²) < 4.78 is 4.93. The highest BCUT2D eigenvalue weighted by atomic mass is 16.5. The molecule has 1 fully saturated rings. The van der Waals surface area contributed by atoms with Crippen molar-refractivity contribution in [2.45, 2.75) is 59.9 Å². The van der Waals surface area contributed by atoms with Crippen molar-refractivity contribution in [2.75, 3.05) is 6.61 Å². The molecule has 0 aromatic rings. The van der Waals surface area contributed by atoms with E-state index in [0.29, 0.717) is 24.4 Å². The summed E-state index contributed by atoms with van der Waals surface area (Å²) in [6.07, 6.45) is 3.22. The Kier molecular flexibility index (Phi) is 6.50. The Hall–Kier alpha value is -1.06. The lowest BCUT2D eigenvalue weighted by Gasteiger charge is -2.36. The molecule has 0 aliphatic heterocycles. The first-order valence-corrected chi connectivity index (χ1v) is 7.83. The summed E-state index contributed by atoms with van der Waals surface area (Å²) in [7, 11) is 0. The fraction of sp³-hybridized carbons (Fsp3) is 0.875. The van der Waals surface area contributed by atoms with Crippen molar-refractivity contribution >= 4 is 11.9 Å². The van der Waals surface area contributed by atoms with Crippen LogP contribution in [0.1, 0.15) is 53.9 Å². The Labute approximate surface area is 122 Å². The molecule has 0 bridgehead atoms. The van der Waals surface area contributed by atoms with Gasteiger partial charge in [-0.15, -0.1) is 0 Å². The predicted molar refractivity (Wildman–Crippen MR) is 79.1 cm³/mol. The van der Waals surface area contributed by atoms with Crippen LogP contribution in [-0.2, 0) is 14.3 Å². The Bertz CT molecular complexity index is 341. The standard InChI is InChI=1S/C16H29NO3/c1-6-20-16(19)12(5)17-15(18)14-9-11(4)7-8-13(14)10(2)3/h10-14H,6-9H2,1-5H3,(H,17,18)/t11-,12?,13+,14?/m1/s1. The lowest BCUT2D eigenvalue weighted by molar-refractivity contribution is -0.147. The fourth-order valence-corrected chi connectivity index (χ4v) is 3.15. The van der Waals surface area contributed by atoms with E-state index >= 15 is 0 Å². The van der Waals surface area contributed by atoms with Crippen molar-refractivity contribution < 1.29 is 14.3 Å². The molecule has 1 amide bonds. The summed E-state index contributed by atoms with van der Waals surface area (Å²) in [6.45, 7) is 10.3. The summed E-state index contributed by atoms with van der Waals surface area (Å²) in [5.74, 6) is 1.17. The van der Waals surface area contributed by atoms with Gasteiger partial charge in [-0.05, 0) is 44.4 Å². The molecule has 20 heavy (non-hydrogen) atoms. The van der Waals surface area contributed by atoms with E-state index in [1.165, 1.54) is 6.42 Å². The van der Waals surface area contributed by atoms with E-state index in [4.69, 9.17) is 4.74 Å². The number of amides is 1. The number of ether oxygens (including phenoxy) is 1. The van der Waals surface area contributed by atoms with Crippen LogP contribution in [0.2, 0.25) is 0 Å². The first-order chi connectivity index (χ1) is 9.36. The van der Waals surface area contributed by atoms with Gasteiger partial charge in [0.1, 0.15) is 6.04 Å². The Morgan fingerprint density at radius 3 is 2.45 bits per heavy atom. The van der Waals surface area contributed by atoms with Gasteiger partial charge in [0.2, 0.25) is 5.91 Å². The van der Waals surface area contributed by atoms with Crippen molar-refractivity contribution in [3.05, 3.63) is 0 Å². The second kappa shape index (κ2) is 7.65. The minimum atomic E-state index is -0.563. The lowest BCUT2D eigenvalue weighted by atomic mass is 9.69. The summed E-state index contributed by atoms with van der Waals surface area (Å²) in [4.78, 5) is 24.1. The second-order valence-corrected chi connectivity index (χ2v) is 6.41. The molecule has 4 atom stereocenters. The Morgan fingerprint density at radius 2 is 1.90 bits per heavy atom. The van der Waals surface area contributed by atoms with Crippen molar-refractivity contribution in [1.82, 2.24) is 5.32 Å². The van der Waals surface area contributed by atoms with Gasteiger partial charge in [-0.3, -0.25) is 4.79 Å². The molecular formula is C16H29NO3. The molecule has 0 aromatic heterocycles. The Morgan fingerprint density at radius 1 is 1.25 bits per heavy atom. The van der Waals surface area contributed by atoms with Crippen LogP contribution in [0.4, 0.5) is 0 Å². The SMILES string of the molecule is CCOC(=O)C(C)NC(=O)C1C[C@H](C)CC[C@H]1C(C)C. The van der Waals surface area contributed by atoms with E-state index in [-0.39, 0.29) is 17.8 Å². The largest absolute Gasteiger partial charge is 0.464 e. The molecule has 0 radical (unpaired) electrons. The Balaban J connectivity index is 2.65. The van der Waals surface area contributed by atoms with E-state index in [9.17, 15) is 9.59 Å². The van der Waals surface area contributed by atoms with Gasteiger partial charge in [-0.2, -0.15) is 0 Å². The number of carbonyl (C=O) groups excluding carboxylic acids is 2. The summed E-state index contributed by atoms with van der Waals surface area (Å²) in [5.41, 5.74) is 0. The van der Waals surface area contributed by atoms with Crippen LogP contribution in [0.3, 0.4) is 0 Å². The highest BCUT2D eigenvalue weighted by Gasteiger charge is 2.36. The van der Waals surface area contributed by atoms with Crippen molar-refractivity contribution in [1.29, 1.82) is 0 Å². The molecule has 1 aliphatic rings. The maximum Gasteiger partial charge on any atom is 0.328 e. The molecule has 4 heteroatoms. The van der Waals surface area contributed by atoms with Gasteiger partial charge < -0.3 is 10.1 Å². The van der Waals surface area contributed by atoms with Crippen molar-refractivity contribution in [3.63, 3.8) is 0 Å². The van der Waals surface area contributed by atoms with Crippen LogP contribution < -0.4 is 5.32 Å². The first kappa shape index (κ1) is 17.0. The molecule has 0 saturated heterocycles. The third-order valence-electron chi connectivity index (χ3n) is 4.36. The van der Waals surface area contributed by atoms with Crippen LogP contribution in [0.5, 0.6) is 0 Å². The van der Waals surface area contributed by atoms with Crippen molar-refractivity contribution in [2.24, 2.45) is 23.7 Å². The maximum absolute atomic E-state index is 12.5. The molecule has 0 spiro atoms. The zero-order valence-electron chi connectivity index (χ0n) is 13.4. The van der Waals surface area contributed by atoms with E-state index in [0.717, 1.165) is 12.8 Å². The zero-order chi connectivity index (χ0) is 15.3. The molecule has 0 heterocycles. The molecule has 0 aromatic carbocycles. The third-order valence-corrected chi connectivity index (χ3v) is 4.36. The molecule has 2 unspecified atom stereocenters. The molecule has 1 saturated carbocycles. The number of hydrogen-bond acceptors (Lipinski definition) is 3. The minimum absolute atomic E-state index is 0.0100. The minimum Gasteiger partial charge on any atom is -0.464 e. The van der Waals surface area contributed by atoms with E-state index < -0.39 is 6.04 Å². The summed E-state index contributed by atoms with van der Waals surface area (Å²) in [6, 6.07) is -0.563. The quantitative estimate of drug-likeness (QED) is 0.789. The van der Waals surface area contributed by atoms with Crippen LogP contribution in [0.25, 0.3) is 0 Å². The number of esters is 1. The van der Waals surface area contributed by atoms with Crippen molar-refractivity contribution in [3.8, 4) is 0 Å². The fourth-order valence-electron chi connectivity index (χ4n) is 3.15.